The van der Waals surface area contributed by atoms with Gasteiger partial charge in [-0.15, -0.1) is 11.8 Å². The van der Waals surface area contributed by atoms with Crippen molar-refractivity contribution in [1.29, 1.82) is 10.5 Å². The number of nitrogens with zero attached hydrogens (tertiary/aromatic N) is 28. The van der Waals surface area contributed by atoms with Crippen LogP contribution in [0.1, 0.15) is 183 Å². The lowest BCUT2D eigenvalue weighted by atomic mass is 10.1. The van der Waals surface area contributed by atoms with Crippen molar-refractivity contribution in [1.82, 2.24) is 120 Å². The molecule has 31 nitrogen and oxygen atoms in total. The van der Waals surface area contributed by atoms with Gasteiger partial charge < -0.3 is 40.9 Å². The van der Waals surface area contributed by atoms with Crippen molar-refractivity contribution in [3.05, 3.63) is 356 Å². The predicted octanol–water partition coefficient (Wildman–Crippen LogP) is 19.0. The van der Waals surface area contributed by atoms with Crippen LogP contribution in [0.15, 0.2) is 256 Å². The number of carbonyl (C=O) groups excluding carboxylic acids is 1. The number of nitrogens with two attached hydrogens (primary N) is 1. The third-order valence-corrected chi connectivity index (χ3v) is 26.0. The number of nitriles is 2. The first kappa shape index (κ1) is 91.4. The fourth-order valence-corrected chi connectivity index (χ4v) is 17.8. The molecule has 0 aromatic carbocycles. The number of imidazole rings is 8. The maximum atomic E-state index is 12.7. The first-order valence-electron chi connectivity index (χ1n) is 44.3. The highest BCUT2D eigenvalue weighted by Gasteiger charge is 2.28. The van der Waals surface area contributed by atoms with E-state index in [1.165, 1.54) is 79.8 Å². The number of halogens is 5. The smallest absolute Gasteiger partial charge is 0.182 e. The van der Waals surface area contributed by atoms with Gasteiger partial charge in [0.1, 0.15) is 33.5 Å². The first-order valence-corrected chi connectivity index (χ1v) is 49.6. The molecule has 0 radical (unpaired) electrons. The summed E-state index contributed by atoms with van der Waals surface area (Å²) in [4.78, 5) is 61.7. The van der Waals surface area contributed by atoms with Crippen molar-refractivity contribution >= 4 is 159 Å². The van der Waals surface area contributed by atoms with Crippen LogP contribution in [0.5, 0.6) is 0 Å². The Bertz CT molecular complexity index is 7710. The number of nitrogens with one attached hydrogen (secondary N) is 1. The molecular formula is C98H89Cl4IN30OS2. The predicted molar refractivity (Wildman–Crippen MR) is 540 cm³/mol. The summed E-state index contributed by atoms with van der Waals surface area (Å²) in [5.74, 6) is 3.35. The van der Waals surface area contributed by atoms with E-state index in [0.29, 0.717) is 101 Å². The number of ketones is 1. The quantitative estimate of drug-likeness (QED) is 0.00743. The molecule has 684 valence electrons. The Morgan fingerprint density at radius 1 is 0.434 bits per heavy atom. The van der Waals surface area contributed by atoms with Gasteiger partial charge in [-0.2, -0.15) is 30.9 Å². The van der Waals surface area contributed by atoms with Crippen LogP contribution in [0.3, 0.4) is 0 Å². The summed E-state index contributed by atoms with van der Waals surface area (Å²) < 4.78 is 23.5. The van der Waals surface area contributed by atoms with E-state index in [1.807, 2.05) is 161 Å². The number of hydrogen-bond acceptors (Lipinski definition) is 20. The van der Waals surface area contributed by atoms with E-state index >= 15 is 0 Å². The zero-order chi connectivity index (χ0) is 93.5. The van der Waals surface area contributed by atoms with Gasteiger partial charge in [0.05, 0.1) is 168 Å². The van der Waals surface area contributed by atoms with Gasteiger partial charge in [0.25, 0.3) is 0 Å². The number of thiocarbonyl (C=S) groups is 1. The summed E-state index contributed by atoms with van der Waals surface area (Å²) in [7, 11) is 0. The number of pyridine rings is 8. The molecule has 0 atom stereocenters. The molecule has 4 saturated carbocycles. The molecule has 3 N–H and O–H groups in total. The van der Waals surface area contributed by atoms with Crippen molar-refractivity contribution in [2.75, 3.05) is 11.2 Å². The lowest BCUT2D eigenvalue weighted by molar-refractivity contribution is 0.0982. The van der Waals surface area contributed by atoms with E-state index in [-0.39, 0.29) is 5.78 Å². The number of alkyl halides is 1. The monoisotopic (exact) mass is 2030 g/mol. The Hall–Kier alpha value is -13.7. The number of thioether (sulfide) groups is 1. The van der Waals surface area contributed by atoms with Crippen LogP contribution in [-0.4, -0.2) is 147 Å². The van der Waals surface area contributed by atoms with Crippen molar-refractivity contribution < 1.29 is 4.79 Å². The number of amidine groups is 1. The van der Waals surface area contributed by atoms with Gasteiger partial charge in [0.2, 0.25) is 0 Å². The van der Waals surface area contributed by atoms with Crippen molar-refractivity contribution in [3.8, 4) is 12.4 Å². The molecule has 4 fully saturated rings. The number of aliphatic imine (C=N–C) groups is 2. The molecule has 0 aliphatic heterocycles. The summed E-state index contributed by atoms with van der Waals surface area (Å²) in [6, 6.07) is 32.0. The second-order valence-corrected chi connectivity index (χ2v) is 36.7. The third-order valence-electron chi connectivity index (χ3n) is 23.9. The van der Waals surface area contributed by atoms with Gasteiger partial charge in [0, 0.05) is 142 Å². The van der Waals surface area contributed by atoms with E-state index in [4.69, 9.17) is 83.8 Å². The minimum absolute atomic E-state index is 0.0449. The van der Waals surface area contributed by atoms with Crippen LogP contribution < -0.4 is 11.1 Å². The van der Waals surface area contributed by atoms with Crippen molar-refractivity contribution in [2.45, 2.75) is 140 Å². The van der Waals surface area contributed by atoms with E-state index in [1.54, 1.807) is 64.8 Å². The molecule has 20 aromatic heterocycles. The highest BCUT2D eigenvalue weighted by atomic mass is 127. The van der Waals surface area contributed by atoms with E-state index in [0.717, 1.165) is 136 Å². The molecular weight excluding hydrogens is 1950 g/mol. The zero-order valence-electron chi connectivity index (χ0n) is 73.8. The normalized spacial score (nSPS) is 13.7. The van der Waals surface area contributed by atoms with Crippen LogP contribution >= 0.6 is 93.0 Å². The van der Waals surface area contributed by atoms with Crippen molar-refractivity contribution in [2.24, 2.45) is 15.7 Å². The number of carbonyl (C=O) groups is 1. The van der Waals surface area contributed by atoms with E-state index in [2.05, 4.69) is 187 Å². The Labute approximate surface area is 823 Å². The Balaban J connectivity index is 0.000000114. The largest absolute Gasteiger partial charge is 0.337 e. The van der Waals surface area contributed by atoms with Crippen LogP contribution in [0, 0.1) is 22.9 Å². The van der Waals surface area contributed by atoms with Crippen LogP contribution in [-0.2, 0) is 52.1 Å². The minimum Gasteiger partial charge on any atom is -0.337 e. The number of fused-ring (bicyclic) bond motifs is 8. The first-order chi connectivity index (χ1) is 66.5. The van der Waals surface area contributed by atoms with Gasteiger partial charge in [-0.1, -0.05) is 105 Å². The molecule has 0 spiro atoms. The minimum atomic E-state index is 0.0449. The molecule has 4 aliphatic rings. The van der Waals surface area contributed by atoms with Crippen LogP contribution in [0.4, 0.5) is 0 Å². The molecule has 24 rings (SSSR count). The maximum Gasteiger partial charge on any atom is 0.182 e. The highest BCUT2D eigenvalue weighted by molar-refractivity contribution is 14.1. The summed E-state index contributed by atoms with van der Waals surface area (Å²) in [6.07, 6.45) is 64.3. The average molecular weight is 2040 g/mol. The number of hydrogen-bond donors (Lipinski definition) is 2. The van der Waals surface area contributed by atoms with Gasteiger partial charge in [-0.25, -0.2) is 39.9 Å². The molecule has 20 aromatic rings. The summed E-state index contributed by atoms with van der Waals surface area (Å²) in [5, 5.41) is 40.5. The number of aromatic nitrogens is 24. The SMILES string of the molecule is CI.CSC(=NCc1ncn2ccc(Cl)cc12)c1cnn(Cc2cn3cc(C4CC4)ccc3n2)c1.N#CN.N#CNC(=NCc1ncn2ccc(Cl)cc12)c1cnn(Cc2cn3cc(C4CC4)ccc3n2)c1.O=C(CCc1ncn2ccc(Cl)cc12)c1cnn(Cc2cn3cc(C4CC4)ccc3n2)c1.S=C(CCc1ncn2ccc(Cl)cc12)c1cnn(Cc2cn3cc(C4CC4)ccc3n2)c1. The fourth-order valence-electron chi connectivity index (χ4n) is 16.4. The lowest BCUT2D eigenvalue weighted by Gasteiger charge is -2.01. The van der Waals surface area contributed by atoms with Crippen molar-refractivity contribution in [3.63, 3.8) is 0 Å². The zero-order valence-corrected chi connectivity index (χ0v) is 80.7. The molecule has 0 unspecified atom stereocenters. The second-order valence-electron chi connectivity index (χ2n) is 33.7. The average Bonchev–Trinajstić information content (AvgIpc) is 1.67. The van der Waals surface area contributed by atoms with Gasteiger partial charge in [0.15, 0.2) is 18.2 Å². The van der Waals surface area contributed by atoms with Crippen LogP contribution in [0.25, 0.3) is 44.7 Å². The summed E-state index contributed by atoms with van der Waals surface area (Å²) in [5.41, 5.74) is 27.9. The maximum absolute atomic E-state index is 12.7. The lowest BCUT2D eigenvalue weighted by Crippen LogP contribution is -2.19. The number of Topliss-reactive ketones (excluding diaryl/α,β-unsaturated/α-hetero) is 1. The summed E-state index contributed by atoms with van der Waals surface area (Å²) >= 11 is 34.0. The number of aryl methyl sites for hydroxylation is 2. The van der Waals surface area contributed by atoms with E-state index in [9.17, 15) is 10.1 Å². The molecule has 38 heteroatoms. The molecule has 136 heavy (non-hydrogen) atoms. The molecule has 20 heterocycles. The summed E-state index contributed by atoms with van der Waals surface area (Å²) in [6.45, 7) is 3.05. The number of rotatable bonds is 26. The topological polar surface area (TPSA) is 337 Å². The fraction of sp³-hybridized carbons (Fsp3) is 0.245. The van der Waals surface area contributed by atoms with Gasteiger partial charge in [-0.05, 0) is 201 Å². The Kier molecular flexibility index (Phi) is 27.7. The Morgan fingerprint density at radius 3 is 1.12 bits per heavy atom. The standard InChI is InChI=1S/C24H20ClN9.C24H22ClN7S.C24H21ClN6O.C24H21ClN6S.CH3I.CH2N2/c25-19-5-6-32-15-29-21(22(32)7-19)9-27-24(28-14-26)18-8-30-34(11-18)13-20-12-33-10-17(16-1-2-16)3-4-23(33)31-20;1-33-24(26-10-21-22-8-19(25)6-7-30(22)15-27-21)18-9-28-32(12-18)14-20-13-31-11-17(16-2-3-16)4-5-23(31)29-20;2*25-19-7-8-29-15-26-21(22(29)9-19)4-5-23(32)18-10-27-31(12-18)14-20-13-30-11-17(16-1-2-16)3-6-24(30)28-20;1-2;2-1-3/h3-8,10-12,15-16H,1-2,9,13H2,(H,27,28);4-9,11-13,15-16H,2-3,10,14H2,1H3;2*3,6-13,15-16H,1-2,4-5,14H2;1H3;2H2. The second kappa shape index (κ2) is 41.2. The molecule has 0 amide bonds. The third kappa shape index (κ3) is 21.9. The highest BCUT2D eigenvalue weighted by Crippen LogP contribution is 2.43. The van der Waals surface area contributed by atoms with Crippen LogP contribution in [0.2, 0.25) is 20.1 Å². The van der Waals surface area contributed by atoms with Gasteiger partial charge in [-0.3, -0.25) is 38.8 Å². The van der Waals surface area contributed by atoms with Gasteiger partial charge >= 0.3 is 0 Å². The molecule has 4 aliphatic carbocycles. The van der Waals surface area contributed by atoms with E-state index < -0.39 is 0 Å². The molecule has 0 bridgehead atoms. The molecule has 0 saturated heterocycles. The Morgan fingerprint density at radius 2 is 0.750 bits per heavy atom.